The first-order valence-corrected chi connectivity index (χ1v) is 5.62. The molecule has 1 heterocycles. The van der Waals surface area contributed by atoms with Gasteiger partial charge in [-0.2, -0.15) is 0 Å². The summed E-state index contributed by atoms with van der Waals surface area (Å²) >= 11 is 0. The Labute approximate surface area is 93.5 Å². The van der Waals surface area contributed by atoms with E-state index >= 15 is 0 Å². The molecule has 0 unspecified atom stereocenters. The Morgan fingerprint density at radius 3 is 2.60 bits per heavy atom. The molecule has 0 aromatic rings. The summed E-state index contributed by atoms with van der Waals surface area (Å²) < 4.78 is 0. The van der Waals surface area contributed by atoms with Gasteiger partial charge in [0, 0.05) is 13.1 Å². The maximum absolute atomic E-state index is 2.29. The van der Waals surface area contributed by atoms with Crippen LogP contribution in [0.4, 0.5) is 0 Å². The molecule has 1 heteroatoms. The fourth-order valence-corrected chi connectivity index (χ4v) is 1.46. The van der Waals surface area contributed by atoms with Crippen LogP contribution in [0.3, 0.4) is 0 Å². The molecule has 0 fully saturated rings. The number of hydrogen-bond donors (Lipinski definition) is 0. The van der Waals surface area contributed by atoms with Crippen molar-refractivity contribution < 1.29 is 0 Å². The molecule has 0 amide bonds. The normalized spacial score (nSPS) is 30.1. The molecule has 1 aliphatic rings. The van der Waals surface area contributed by atoms with Gasteiger partial charge in [0.25, 0.3) is 0 Å². The molecule has 0 spiro atoms. The van der Waals surface area contributed by atoms with Crippen LogP contribution in [-0.4, -0.2) is 25.0 Å². The Bertz CT molecular complexity index is 282. The Balaban J connectivity index is 2.59. The number of hydrogen-bond acceptors (Lipinski definition) is 1. The van der Waals surface area contributed by atoms with E-state index in [-0.39, 0.29) is 0 Å². The van der Waals surface area contributed by atoms with Crippen LogP contribution in [0.5, 0.6) is 0 Å². The fourth-order valence-electron chi connectivity index (χ4n) is 1.46. The molecule has 82 valence electrons. The lowest BCUT2D eigenvalue weighted by Gasteiger charge is -2.10. The summed E-state index contributed by atoms with van der Waals surface area (Å²) in [4.78, 5) is 2.28. The van der Waals surface area contributed by atoms with Crippen LogP contribution in [0.15, 0.2) is 48.1 Å². The number of allylic oxidation sites excluding steroid dienone is 6. The third-order valence-corrected chi connectivity index (χ3v) is 2.40. The van der Waals surface area contributed by atoms with Gasteiger partial charge in [-0.1, -0.05) is 48.1 Å². The molecule has 0 saturated heterocycles. The molecule has 1 aliphatic heterocycles. The Kier molecular flexibility index (Phi) is 5.79. The van der Waals surface area contributed by atoms with E-state index in [9.17, 15) is 0 Å². The van der Waals surface area contributed by atoms with Crippen LogP contribution in [0.2, 0.25) is 0 Å². The first-order chi connectivity index (χ1) is 7.29. The zero-order valence-electron chi connectivity index (χ0n) is 9.82. The Morgan fingerprint density at radius 2 is 1.73 bits per heavy atom. The van der Waals surface area contributed by atoms with E-state index in [1.165, 1.54) is 5.57 Å². The lowest BCUT2D eigenvalue weighted by atomic mass is 10.2. The summed E-state index contributed by atoms with van der Waals surface area (Å²) in [6, 6.07) is 0. The molecular formula is C14H21N. The molecule has 1 nitrogen and oxygen atoms in total. The molecule has 0 bridgehead atoms. The topological polar surface area (TPSA) is 3.24 Å². The number of nitrogens with zero attached hydrogens (tertiary/aromatic N) is 1. The smallest absolute Gasteiger partial charge is 0.0166 e. The second-order valence-electron chi connectivity index (χ2n) is 4.01. The van der Waals surface area contributed by atoms with E-state index in [0.717, 1.165) is 25.9 Å². The summed E-state index contributed by atoms with van der Waals surface area (Å²) in [7, 11) is 2.14. The molecule has 0 N–H and O–H groups in total. The maximum Gasteiger partial charge on any atom is 0.0166 e. The molecule has 0 saturated carbocycles. The second kappa shape index (κ2) is 7.24. The number of likely N-dealkylation sites (N-methyl/N-ethyl adjacent to an activating group) is 1. The van der Waals surface area contributed by atoms with Crippen molar-refractivity contribution in [3.05, 3.63) is 48.1 Å². The minimum absolute atomic E-state index is 1.01. The Hall–Kier alpha value is -1.08. The van der Waals surface area contributed by atoms with Crippen molar-refractivity contribution in [3.8, 4) is 0 Å². The maximum atomic E-state index is 2.29. The van der Waals surface area contributed by atoms with Crippen LogP contribution in [0.25, 0.3) is 0 Å². The SMILES string of the molecule is CC1=C\CC/C=C\C=C/CN(C)C/C=C\1. The highest BCUT2D eigenvalue weighted by molar-refractivity contribution is 5.16. The van der Waals surface area contributed by atoms with Gasteiger partial charge in [0.15, 0.2) is 0 Å². The van der Waals surface area contributed by atoms with Crippen LogP contribution in [-0.2, 0) is 0 Å². The minimum Gasteiger partial charge on any atom is -0.299 e. The molecule has 0 aliphatic carbocycles. The van der Waals surface area contributed by atoms with Crippen LogP contribution in [0, 0.1) is 0 Å². The van der Waals surface area contributed by atoms with Gasteiger partial charge in [-0.15, -0.1) is 0 Å². The summed E-state index contributed by atoms with van der Waals surface area (Å²) in [6.07, 6.45) is 17.7. The van der Waals surface area contributed by atoms with Gasteiger partial charge in [-0.05, 0) is 26.8 Å². The highest BCUT2D eigenvalue weighted by atomic mass is 15.1. The minimum atomic E-state index is 1.01. The zero-order valence-corrected chi connectivity index (χ0v) is 9.82. The quantitative estimate of drug-likeness (QED) is 0.583. The molecule has 0 atom stereocenters. The van der Waals surface area contributed by atoms with E-state index in [0.29, 0.717) is 0 Å². The van der Waals surface area contributed by atoms with Gasteiger partial charge in [-0.25, -0.2) is 0 Å². The molecule has 0 aromatic heterocycles. The van der Waals surface area contributed by atoms with Crippen LogP contribution >= 0.6 is 0 Å². The fraction of sp³-hybridized carbons (Fsp3) is 0.429. The predicted octanol–water partition coefficient (Wildman–Crippen LogP) is 3.33. The average Bonchev–Trinajstić information content (AvgIpc) is 2.22. The third-order valence-electron chi connectivity index (χ3n) is 2.40. The molecule has 0 radical (unpaired) electrons. The highest BCUT2D eigenvalue weighted by Gasteiger charge is 1.90. The first-order valence-electron chi connectivity index (χ1n) is 5.62. The molecule has 0 aromatic carbocycles. The standard InChI is InChI=1S/C14H21N/c1-14-10-7-5-3-4-6-8-12-15(2)13-9-11-14/h3-4,6,8-11H,5,7,12-13H2,1-2H3/b4-3-,8-6-,11-9-,14-10+. The van der Waals surface area contributed by atoms with Crippen molar-refractivity contribution in [1.29, 1.82) is 0 Å². The molecular weight excluding hydrogens is 182 g/mol. The highest BCUT2D eigenvalue weighted by Crippen LogP contribution is 2.02. The summed E-state index contributed by atoms with van der Waals surface area (Å²) in [6.45, 7) is 4.19. The summed E-state index contributed by atoms with van der Waals surface area (Å²) in [5.74, 6) is 0. The van der Waals surface area contributed by atoms with E-state index in [2.05, 4.69) is 61.4 Å². The van der Waals surface area contributed by atoms with Crippen LogP contribution in [0.1, 0.15) is 19.8 Å². The molecule has 15 heavy (non-hydrogen) atoms. The van der Waals surface area contributed by atoms with Gasteiger partial charge >= 0.3 is 0 Å². The Morgan fingerprint density at radius 1 is 1.00 bits per heavy atom. The van der Waals surface area contributed by atoms with Gasteiger partial charge in [-0.3, -0.25) is 4.90 Å². The van der Waals surface area contributed by atoms with E-state index in [1.54, 1.807) is 0 Å². The van der Waals surface area contributed by atoms with E-state index < -0.39 is 0 Å². The van der Waals surface area contributed by atoms with Gasteiger partial charge in [0.05, 0.1) is 0 Å². The first kappa shape index (κ1) is 12.0. The van der Waals surface area contributed by atoms with E-state index in [1.807, 2.05) is 0 Å². The van der Waals surface area contributed by atoms with Gasteiger partial charge in [0.1, 0.15) is 0 Å². The van der Waals surface area contributed by atoms with Crippen molar-refractivity contribution in [2.24, 2.45) is 0 Å². The van der Waals surface area contributed by atoms with Crippen molar-refractivity contribution in [2.45, 2.75) is 19.8 Å². The van der Waals surface area contributed by atoms with Crippen molar-refractivity contribution in [3.63, 3.8) is 0 Å². The predicted molar refractivity (Wildman–Crippen MR) is 67.9 cm³/mol. The lowest BCUT2D eigenvalue weighted by molar-refractivity contribution is 0.412. The van der Waals surface area contributed by atoms with Crippen molar-refractivity contribution >= 4 is 0 Å². The van der Waals surface area contributed by atoms with Crippen molar-refractivity contribution in [2.75, 3.05) is 20.1 Å². The largest absolute Gasteiger partial charge is 0.299 e. The summed E-state index contributed by atoms with van der Waals surface area (Å²) in [5.41, 5.74) is 1.36. The monoisotopic (exact) mass is 203 g/mol. The zero-order chi connectivity index (χ0) is 10.9. The van der Waals surface area contributed by atoms with Crippen molar-refractivity contribution in [1.82, 2.24) is 4.90 Å². The number of rotatable bonds is 0. The van der Waals surface area contributed by atoms with Gasteiger partial charge < -0.3 is 0 Å². The van der Waals surface area contributed by atoms with E-state index in [4.69, 9.17) is 0 Å². The van der Waals surface area contributed by atoms with Crippen LogP contribution < -0.4 is 0 Å². The third kappa shape index (κ3) is 6.08. The molecule has 1 rings (SSSR count). The summed E-state index contributed by atoms with van der Waals surface area (Å²) in [5, 5.41) is 0. The average molecular weight is 203 g/mol. The van der Waals surface area contributed by atoms with Gasteiger partial charge in [0.2, 0.25) is 0 Å². The second-order valence-corrected chi connectivity index (χ2v) is 4.01. The lowest BCUT2D eigenvalue weighted by Crippen LogP contribution is -2.17.